The van der Waals surface area contributed by atoms with Crippen LogP contribution in [0.15, 0.2) is 48.5 Å². The molecule has 0 spiro atoms. The number of benzene rings is 2. The Hall–Kier alpha value is -3.14. The SMILES string of the molecule is CN(CC(=O)Nc1ccc(OC(F)(F)F)cc1)CC(=O)Nc1cccc(F)c1. The monoisotopic (exact) mass is 399 g/mol. The van der Waals surface area contributed by atoms with E-state index >= 15 is 0 Å². The van der Waals surface area contributed by atoms with Crippen LogP contribution in [0, 0.1) is 5.82 Å². The zero-order chi connectivity index (χ0) is 20.7. The Morgan fingerprint density at radius 1 is 0.964 bits per heavy atom. The maximum atomic E-state index is 13.1. The van der Waals surface area contributed by atoms with E-state index in [1.165, 1.54) is 42.3 Å². The van der Waals surface area contributed by atoms with Crippen molar-refractivity contribution in [3.63, 3.8) is 0 Å². The van der Waals surface area contributed by atoms with Crippen molar-refractivity contribution >= 4 is 23.2 Å². The summed E-state index contributed by atoms with van der Waals surface area (Å²) in [6, 6.07) is 10.0. The highest BCUT2D eigenvalue weighted by Gasteiger charge is 2.30. The minimum absolute atomic E-state index is 0.123. The van der Waals surface area contributed by atoms with Gasteiger partial charge in [0.15, 0.2) is 0 Å². The number of rotatable bonds is 7. The van der Waals surface area contributed by atoms with Crippen molar-refractivity contribution in [2.45, 2.75) is 6.36 Å². The first kappa shape index (κ1) is 21.2. The number of alkyl halides is 3. The molecule has 0 heterocycles. The molecular weight excluding hydrogens is 382 g/mol. The molecule has 2 aromatic rings. The highest BCUT2D eigenvalue weighted by molar-refractivity contribution is 5.94. The number of ether oxygens (including phenoxy) is 1. The molecule has 2 amide bonds. The molecule has 6 nitrogen and oxygen atoms in total. The average molecular weight is 399 g/mol. The first-order chi connectivity index (χ1) is 13.1. The van der Waals surface area contributed by atoms with Gasteiger partial charge in [0.2, 0.25) is 11.8 Å². The van der Waals surface area contributed by atoms with Crippen LogP contribution in [0.1, 0.15) is 0 Å². The zero-order valence-electron chi connectivity index (χ0n) is 14.7. The number of halogens is 4. The molecule has 2 rings (SSSR count). The van der Waals surface area contributed by atoms with Gasteiger partial charge in [-0.15, -0.1) is 13.2 Å². The molecule has 150 valence electrons. The molecular formula is C18H17F4N3O3. The average Bonchev–Trinajstić information content (AvgIpc) is 2.54. The lowest BCUT2D eigenvalue weighted by atomic mass is 10.3. The van der Waals surface area contributed by atoms with Gasteiger partial charge in [-0.2, -0.15) is 0 Å². The Bertz CT molecular complexity index is 826. The van der Waals surface area contributed by atoms with Gasteiger partial charge in [-0.1, -0.05) is 6.07 Å². The Kier molecular flexibility index (Phi) is 6.94. The molecule has 0 saturated carbocycles. The minimum Gasteiger partial charge on any atom is -0.406 e. The van der Waals surface area contributed by atoms with Gasteiger partial charge in [-0.25, -0.2) is 4.39 Å². The van der Waals surface area contributed by atoms with Crippen LogP contribution < -0.4 is 15.4 Å². The van der Waals surface area contributed by atoms with Gasteiger partial charge in [0.1, 0.15) is 11.6 Å². The summed E-state index contributed by atoms with van der Waals surface area (Å²) in [7, 11) is 1.53. The van der Waals surface area contributed by atoms with E-state index in [-0.39, 0.29) is 18.8 Å². The maximum absolute atomic E-state index is 13.1. The number of anilines is 2. The van der Waals surface area contributed by atoms with E-state index < -0.39 is 29.7 Å². The van der Waals surface area contributed by atoms with Crippen molar-refractivity contribution in [1.29, 1.82) is 0 Å². The van der Waals surface area contributed by atoms with Gasteiger partial charge in [-0.3, -0.25) is 14.5 Å². The molecule has 28 heavy (non-hydrogen) atoms. The van der Waals surface area contributed by atoms with Crippen LogP contribution in [0.4, 0.5) is 28.9 Å². The molecule has 0 aliphatic rings. The third kappa shape index (κ3) is 7.62. The van der Waals surface area contributed by atoms with E-state index in [1.807, 2.05) is 0 Å². The molecule has 0 aromatic heterocycles. The van der Waals surface area contributed by atoms with Crippen LogP contribution in [-0.2, 0) is 9.59 Å². The van der Waals surface area contributed by atoms with Crippen LogP contribution in [0.5, 0.6) is 5.75 Å². The van der Waals surface area contributed by atoms with E-state index in [2.05, 4.69) is 15.4 Å². The summed E-state index contributed by atoms with van der Waals surface area (Å²) in [5, 5.41) is 5.00. The van der Waals surface area contributed by atoms with Crippen molar-refractivity contribution in [3.8, 4) is 5.75 Å². The fourth-order valence-corrected chi connectivity index (χ4v) is 2.25. The van der Waals surface area contributed by atoms with E-state index in [9.17, 15) is 27.2 Å². The smallest absolute Gasteiger partial charge is 0.406 e. The standard InChI is InChI=1S/C18H17F4N3O3/c1-25(11-17(27)24-14-4-2-3-12(19)9-14)10-16(26)23-13-5-7-15(8-6-13)28-18(20,21)22/h2-9H,10-11H2,1H3,(H,23,26)(H,24,27). The van der Waals surface area contributed by atoms with Crippen molar-refractivity contribution in [1.82, 2.24) is 4.90 Å². The third-order valence-electron chi connectivity index (χ3n) is 3.31. The molecule has 0 fully saturated rings. The second-order valence-corrected chi connectivity index (χ2v) is 5.85. The normalized spacial score (nSPS) is 11.2. The summed E-state index contributed by atoms with van der Waals surface area (Å²) in [5.74, 6) is -1.80. The van der Waals surface area contributed by atoms with Crippen LogP contribution in [0.25, 0.3) is 0 Å². The number of likely N-dealkylation sites (N-methyl/N-ethyl adjacent to an activating group) is 1. The summed E-state index contributed by atoms with van der Waals surface area (Å²) in [4.78, 5) is 25.3. The van der Waals surface area contributed by atoms with Crippen molar-refractivity contribution in [3.05, 3.63) is 54.3 Å². The molecule has 0 unspecified atom stereocenters. The lowest BCUT2D eigenvalue weighted by Crippen LogP contribution is -2.36. The van der Waals surface area contributed by atoms with Crippen LogP contribution >= 0.6 is 0 Å². The number of carbonyl (C=O) groups excluding carboxylic acids is 2. The molecule has 0 bridgehead atoms. The van der Waals surface area contributed by atoms with Gasteiger partial charge < -0.3 is 15.4 Å². The lowest BCUT2D eigenvalue weighted by Gasteiger charge is -2.16. The number of nitrogens with one attached hydrogen (secondary N) is 2. The molecule has 0 aliphatic heterocycles. The summed E-state index contributed by atoms with van der Waals surface area (Å²) < 4.78 is 53.1. The van der Waals surface area contributed by atoms with Crippen LogP contribution in [0.3, 0.4) is 0 Å². The number of hydrogen-bond donors (Lipinski definition) is 2. The first-order valence-electron chi connectivity index (χ1n) is 8.00. The molecule has 0 saturated heterocycles. The van der Waals surface area contributed by atoms with Gasteiger partial charge >= 0.3 is 6.36 Å². The minimum atomic E-state index is -4.79. The van der Waals surface area contributed by atoms with Crippen molar-refractivity contribution in [2.24, 2.45) is 0 Å². The second-order valence-electron chi connectivity index (χ2n) is 5.85. The maximum Gasteiger partial charge on any atom is 0.573 e. The summed E-state index contributed by atoms with van der Waals surface area (Å²) >= 11 is 0. The van der Waals surface area contributed by atoms with Gasteiger partial charge in [0.25, 0.3) is 0 Å². The largest absolute Gasteiger partial charge is 0.573 e. The number of hydrogen-bond acceptors (Lipinski definition) is 4. The molecule has 0 aliphatic carbocycles. The fourth-order valence-electron chi connectivity index (χ4n) is 2.25. The Balaban J connectivity index is 1.79. The number of nitrogens with zero attached hydrogens (tertiary/aromatic N) is 1. The summed E-state index contributed by atoms with van der Waals surface area (Å²) in [5.41, 5.74) is 0.571. The molecule has 2 N–H and O–H groups in total. The fraction of sp³-hybridized carbons (Fsp3) is 0.222. The quantitative estimate of drug-likeness (QED) is 0.702. The molecule has 0 atom stereocenters. The van der Waals surface area contributed by atoms with E-state index in [1.54, 1.807) is 0 Å². The number of amides is 2. The molecule has 0 radical (unpaired) electrons. The Morgan fingerprint density at radius 3 is 2.07 bits per heavy atom. The predicted octanol–water partition coefficient (Wildman–Crippen LogP) is 3.23. The van der Waals surface area contributed by atoms with Crippen LogP contribution in [0.2, 0.25) is 0 Å². The van der Waals surface area contributed by atoms with Crippen LogP contribution in [-0.4, -0.2) is 43.2 Å². The molecule has 10 heteroatoms. The third-order valence-corrected chi connectivity index (χ3v) is 3.31. The summed E-state index contributed by atoms with van der Waals surface area (Å²) in [6.07, 6.45) is -4.79. The first-order valence-corrected chi connectivity index (χ1v) is 8.00. The Labute approximate surface area is 158 Å². The summed E-state index contributed by atoms with van der Waals surface area (Å²) in [6.45, 7) is -0.264. The van der Waals surface area contributed by atoms with Gasteiger partial charge in [-0.05, 0) is 49.5 Å². The Morgan fingerprint density at radius 2 is 1.54 bits per heavy atom. The second kappa shape index (κ2) is 9.18. The molecule has 2 aromatic carbocycles. The topological polar surface area (TPSA) is 70.7 Å². The van der Waals surface area contributed by atoms with Crippen molar-refractivity contribution in [2.75, 3.05) is 30.8 Å². The highest BCUT2D eigenvalue weighted by Crippen LogP contribution is 2.23. The van der Waals surface area contributed by atoms with Crippen molar-refractivity contribution < 1.29 is 31.9 Å². The van der Waals surface area contributed by atoms with E-state index in [0.29, 0.717) is 5.69 Å². The van der Waals surface area contributed by atoms with E-state index in [0.717, 1.165) is 18.2 Å². The van der Waals surface area contributed by atoms with Gasteiger partial charge in [0, 0.05) is 11.4 Å². The van der Waals surface area contributed by atoms with E-state index in [4.69, 9.17) is 0 Å². The zero-order valence-corrected chi connectivity index (χ0v) is 14.7. The lowest BCUT2D eigenvalue weighted by molar-refractivity contribution is -0.274. The predicted molar refractivity (Wildman–Crippen MR) is 94.3 cm³/mol. The van der Waals surface area contributed by atoms with Gasteiger partial charge in [0.05, 0.1) is 13.1 Å². The number of carbonyl (C=O) groups is 2. The highest BCUT2D eigenvalue weighted by atomic mass is 19.4.